The van der Waals surface area contributed by atoms with Gasteiger partial charge in [-0.15, -0.1) is 0 Å². The molecule has 0 radical (unpaired) electrons. The molecule has 0 aromatic carbocycles. The van der Waals surface area contributed by atoms with Crippen LogP contribution in [0.4, 0.5) is 0 Å². The number of rotatable bonds is 10. The highest BCUT2D eigenvalue weighted by Gasteiger charge is 2.45. The summed E-state index contributed by atoms with van der Waals surface area (Å²) < 4.78 is 17.5. The maximum atomic E-state index is 5.85. The van der Waals surface area contributed by atoms with E-state index in [4.69, 9.17) is 13.3 Å². The Morgan fingerprint density at radius 1 is 0.882 bits per heavy atom. The van der Waals surface area contributed by atoms with Gasteiger partial charge in [-0.05, 0) is 41.2 Å². The third-order valence-electron chi connectivity index (χ3n) is 2.41. The molecule has 0 atom stereocenters. The van der Waals surface area contributed by atoms with Crippen molar-refractivity contribution in [2.45, 2.75) is 53.1 Å². The van der Waals surface area contributed by atoms with Crippen molar-refractivity contribution in [1.29, 1.82) is 0 Å². The van der Waals surface area contributed by atoms with Gasteiger partial charge in [0.15, 0.2) is 0 Å². The van der Waals surface area contributed by atoms with E-state index in [0.717, 1.165) is 12.6 Å². The van der Waals surface area contributed by atoms with Crippen LogP contribution in [0.15, 0.2) is 0 Å². The first kappa shape index (κ1) is 17.1. The van der Waals surface area contributed by atoms with Crippen LogP contribution in [0.5, 0.6) is 0 Å². The van der Waals surface area contributed by atoms with E-state index in [1.807, 2.05) is 20.8 Å². The molecule has 1 N–H and O–H groups in total. The molecule has 0 spiro atoms. The van der Waals surface area contributed by atoms with Crippen LogP contribution >= 0.6 is 0 Å². The molecule has 0 fully saturated rings. The van der Waals surface area contributed by atoms with Gasteiger partial charge in [0.1, 0.15) is 0 Å². The van der Waals surface area contributed by atoms with Gasteiger partial charge in [0.2, 0.25) is 0 Å². The van der Waals surface area contributed by atoms with Crippen molar-refractivity contribution in [3.05, 3.63) is 0 Å². The van der Waals surface area contributed by atoms with Crippen LogP contribution in [-0.2, 0) is 13.3 Å². The Hall–Kier alpha value is 0.0569. The lowest BCUT2D eigenvalue weighted by molar-refractivity contribution is 0.0649. The van der Waals surface area contributed by atoms with E-state index in [2.05, 4.69) is 26.1 Å². The van der Waals surface area contributed by atoms with Crippen LogP contribution in [0.25, 0.3) is 0 Å². The molecule has 0 unspecified atom stereocenters. The predicted octanol–water partition coefficient (Wildman–Crippen LogP) is 2.42. The monoisotopic (exact) mass is 263 g/mol. The zero-order valence-corrected chi connectivity index (χ0v) is 13.3. The van der Waals surface area contributed by atoms with Gasteiger partial charge in [-0.2, -0.15) is 0 Å². The molecule has 0 aliphatic heterocycles. The van der Waals surface area contributed by atoms with E-state index in [1.54, 1.807) is 0 Å². The molecule has 0 saturated carbocycles. The highest BCUT2D eigenvalue weighted by Crippen LogP contribution is 2.24. The molecule has 0 saturated heterocycles. The molecule has 4 nitrogen and oxygen atoms in total. The number of hydrogen-bond acceptors (Lipinski definition) is 4. The second kappa shape index (κ2) is 8.21. The summed E-state index contributed by atoms with van der Waals surface area (Å²) in [6, 6.07) is 0.795. The smallest absolute Gasteiger partial charge is 0.374 e. The zero-order chi connectivity index (χ0) is 13.4. The van der Waals surface area contributed by atoms with Gasteiger partial charge in [0.25, 0.3) is 0 Å². The number of nitrogens with one attached hydrogen (secondary N) is 1. The second-order valence-corrected chi connectivity index (χ2v) is 7.16. The SMILES string of the molecule is CCNC(C)(C)C[Si](OCC)(OCC)OCC. The lowest BCUT2D eigenvalue weighted by atomic mass is 10.1. The van der Waals surface area contributed by atoms with Crippen molar-refractivity contribution in [2.24, 2.45) is 0 Å². The average molecular weight is 263 g/mol. The molecule has 0 heterocycles. The molecule has 0 aliphatic rings. The Morgan fingerprint density at radius 2 is 1.29 bits per heavy atom. The first-order valence-corrected chi connectivity index (χ1v) is 8.55. The van der Waals surface area contributed by atoms with Gasteiger partial charge < -0.3 is 18.6 Å². The van der Waals surface area contributed by atoms with Gasteiger partial charge in [0.05, 0.1) is 0 Å². The quantitative estimate of drug-likeness (QED) is 0.615. The summed E-state index contributed by atoms with van der Waals surface area (Å²) in [5.74, 6) is 0. The summed E-state index contributed by atoms with van der Waals surface area (Å²) in [5.41, 5.74) is -0.0273. The maximum absolute atomic E-state index is 5.85. The Labute approximate surface area is 107 Å². The van der Waals surface area contributed by atoms with Crippen LogP contribution < -0.4 is 5.32 Å². The third kappa shape index (κ3) is 6.52. The van der Waals surface area contributed by atoms with Gasteiger partial charge in [-0.3, -0.25) is 0 Å². The summed E-state index contributed by atoms with van der Waals surface area (Å²) in [5, 5.41) is 3.45. The summed E-state index contributed by atoms with van der Waals surface area (Å²) in [6.45, 7) is 15.2. The molecule has 0 aromatic heterocycles. The summed E-state index contributed by atoms with van der Waals surface area (Å²) in [4.78, 5) is 0. The molecular weight excluding hydrogens is 234 g/mol. The fourth-order valence-corrected chi connectivity index (χ4v) is 5.10. The first-order chi connectivity index (χ1) is 7.95. The van der Waals surface area contributed by atoms with Gasteiger partial charge in [-0.1, -0.05) is 6.92 Å². The van der Waals surface area contributed by atoms with Crippen LogP contribution in [-0.4, -0.2) is 40.7 Å². The molecule has 17 heavy (non-hydrogen) atoms. The minimum Gasteiger partial charge on any atom is -0.374 e. The van der Waals surface area contributed by atoms with Crippen LogP contribution in [0.1, 0.15) is 41.5 Å². The van der Waals surface area contributed by atoms with Crippen molar-refractivity contribution >= 4 is 8.80 Å². The second-order valence-electron chi connectivity index (χ2n) is 4.57. The maximum Gasteiger partial charge on any atom is 0.502 e. The van der Waals surface area contributed by atoms with E-state index >= 15 is 0 Å². The van der Waals surface area contributed by atoms with Gasteiger partial charge in [-0.25, -0.2) is 0 Å². The minimum absolute atomic E-state index is 0.0273. The summed E-state index contributed by atoms with van der Waals surface area (Å²) >= 11 is 0. The topological polar surface area (TPSA) is 39.7 Å². The Balaban J connectivity index is 4.74. The fourth-order valence-electron chi connectivity index (χ4n) is 2.02. The van der Waals surface area contributed by atoms with Crippen molar-refractivity contribution < 1.29 is 13.3 Å². The number of hydrogen-bond donors (Lipinski definition) is 1. The Kier molecular flexibility index (Phi) is 8.24. The molecule has 0 amide bonds. The highest BCUT2D eigenvalue weighted by molar-refractivity contribution is 6.61. The fraction of sp³-hybridized carbons (Fsp3) is 1.00. The molecule has 5 heteroatoms. The first-order valence-electron chi connectivity index (χ1n) is 6.62. The van der Waals surface area contributed by atoms with Crippen LogP contribution in [0.3, 0.4) is 0 Å². The zero-order valence-electron chi connectivity index (χ0n) is 12.3. The van der Waals surface area contributed by atoms with Crippen LogP contribution in [0, 0.1) is 0 Å². The van der Waals surface area contributed by atoms with E-state index in [1.165, 1.54) is 0 Å². The standard InChI is InChI=1S/C12H29NO3Si/c1-7-13-12(5,6)11-17(14-8-2,15-9-3)16-10-4/h13H,7-11H2,1-6H3. The van der Waals surface area contributed by atoms with Crippen molar-refractivity contribution in [1.82, 2.24) is 5.32 Å². The van der Waals surface area contributed by atoms with Crippen LogP contribution in [0.2, 0.25) is 6.04 Å². The minimum atomic E-state index is -2.53. The van der Waals surface area contributed by atoms with E-state index < -0.39 is 8.80 Å². The molecule has 104 valence electrons. The lowest BCUT2D eigenvalue weighted by Gasteiger charge is -2.35. The average Bonchev–Trinajstić information content (AvgIpc) is 2.17. The van der Waals surface area contributed by atoms with Gasteiger partial charge in [0, 0.05) is 31.4 Å². The van der Waals surface area contributed by atoms with Crippen molar-refractivity contribution in [2.75, 3.05) is 26.4 Å². The van der Waals surface area contributed by atoms with Gasteiger partial charge >= 0.3 is 8.80 Å². The van der Waals surface area contributed by atoms with E-state index in [0.29, 0.717) is 19.8 Å². The largest absolute Gasteiger partial charge is 0.502 e. The Bertz CT molecular complexity index is 183. The molecule has 0 aliphatic carbocycles. The lowest BCUT2D eigenvalue weighted by Crippen LogP contribution is -2.54. The predicted molar refractivity (Wildman–Crippen MR) is 73.2 cm³/mol. The normalized spacial score (nSPS) is 13.1. The Morgan fingerprint density at radius 3 is 1.59 bits per heavy atom. The molecular formula is C12H29NO3Si. The summed E-state index contributed by atoms with van der Waals surface area (Å²) in [7, 11) is -2.53. The van der Waals surface area contributed by atoms with Crippen molar-refractivity contribution in [3.63, 3.8) is 0 Å². The third-order valence-corrected chi connectivity index (χ3v) is 5.91. The molecule has 0 aromatic rings. The summed E-state index contributed by atoms with van der Waals surface area (Å²) in [6.07, 6.45) is 0. The van der Waals surface area contributed by atoms with Crippen molar-refractivity contribution in [3.8, 4) is 0 Å². The molecule has 0 bridgehead atoms. The molecule has 0 rings (SSSR count). The van der Waals surface area contributed by atoms with E-state index in [9.17, 15) is 0 Å². The van der Waals surface area contributed by atoms with E-state index in [-0.39, 0.29) is 5.54 Å². The highest BCUT2D eigenvalue weighted by atomic mass is 28.4.